The van der Waals surface area contributed by atoms with Crippen molar-refractivity contribution >= 4 is 5.91 Å². The number of aryl methyl sites for hydroxylation is 2. The summed E-state index contributed by atoms with van der Waals surface area (Å²) < 4.78 is 0. The molecule has 0 spiro atoms. The van der Waals surface area contributed by atoms with Crippen LogP contribution in [-0.2, 0) is 4.79 Å². The summed E-state index contributed by atoms with van der Waals surface area (Å²) in [5.41, 5.74) is 4.02. The molecule has 114 valence electrons. The first-order chi connectivity index (χ1) is 9.85. The molecule has 3 unspecified atom stereocenters. The predicted octanol–water partition coefficient (Wildman–Crippen LogP) is 3.31. The summed E-state index contributed by atoms with van der Waals surface area (Å²) in [5, 5.41) is 3.56. The van der Waals surface area contributed by atoms with E-state index in [1.165, 1.54) is 16.7 Å². The third-order valence-corrected chi connectivity index (χ3v) is 5.12. The van der Waals surface area contributed by atoms with Crippen LogP contribution in [0.1, 0.15) is 56.5 Å². The van der Waals surface area contributed by atoms with E-state index in [1.54, 1.807) is 0 Å². The highest BCUT2D eigenvalue weighted by Gasteiger charge is 2.56. The second-order valence-corrected chi connectivity index (χ2v) is 7.34. The van der Waals surface area contributed by atoms with Crippen molar-refractivity contribution in [1.82, 2.24) is 10.2 Å². The van der Waals surface area contributed by atoms with Crippen LogP contribution in [0.4, 0.5) is 0 Å². The number of hydrogen-bond donors (Lipinski definition) is 1. The minimum Gasteiger partial charge on any atom is -0.318 e. The Kier molecular flexibility index (Phi) is 3.36. The van der Waals surface area contributed by atoms with Gasteiger partial charge in [0, 0.05) is 6.04 Å². The number of hydrogen-bond acceptors (Lipinski definition) is 2. The van der Waals surface area contributed by atoms with E-state index in [9.17, 15) is 4.79 Å². The first kappa shape index (κ1) is 14.6. The number of carbonyl (C=O) groups excluding carboxylic acids is 1. The average molecular weight is 286 g/mol. The standard InChI is InChI=1S/C18H26N2O/c1-6-14-17(21)20(15-10-18(15,4)5)16(19-14)13-9-11(2)7-8-12(13)3/h7-9,14-16,19H,6,10H2,1-5H3. The smallest absolute Gasteiger partial charge is 0.241 e. The highest BCUT2D eigenvalue weighted by atomic mass is 16.2. The number of carbonyl (C=O) groups is 1. The Bertz CT molecular complexity index is 579. The summed E-state index contributed by atoms with van der Waals surface area (Å²) >= 11 is 0. The van der Waals surface area contributed by atoms with Gasteiger partial charge in [0.2, 0.25) is 5.91 Å². The molecule has 21 heavy (non-hydrogen) atoms. The first-order valence-electron chi connectivity index (χ1n) is 8.00. The van der Waals surface area contributed by atoms with E-state index in [4.69, 9.17) is 0 Å². The van der Waals surface area contributed by atoms with Crippen LogP contribution in [0, 0.1) is 19.3 Å². The van der Waals surface area contributed by atoms with Crippen LogP contribution in [0.2, 0.25) is 0 Å². The summed E-state index contributed by atoms with van der Waals surface area (Å²) in [6, 6.07) is 6.86. The van der Waals surface area contributed by atoms with Crippen LogP contribution < -0.4 is 5.32 Å². The lowest BCUT2D eigenvalue weighted by Crippen LogP contribution is -2.35. The van der Waals surface area contributed by atoms with Gasteiger partial charge >= 0.3 is 0 Å². The molecule has 1 N–H and O–H groups in total. The van der Waals surface area contributed by atoms with Gasteiger partial charge in [0.1, 0.15) is 6.17 Å². The zero-order valence-corrected chi connectivity index (χ0v) is 13.7. The molecule has 3 atom stereocenters. The van der Waals surface area contributed by atoms with Gasteiger partial charge in [-0.2, -0.15) is 0 Å². The average Bonchev–Trinajstić information content (AvgIpc) is 2.91. The van der Waals surface area contributed by atoms with Gasteiger partial charge in [-0.05, 0) is 43.2 Å². The van der Waals surface area contributed by atoms with E-state index < -0.39 is 0 Å². The van der Waals surface area contributed by atoms with Crippen molar-refractivity contribution in [3.05, 3.63) is 34.9 Å². The van der Waals surface area contributed by atoms with Crippen molar-refractivity contribution in [2.24, 2.45) is 5.41 Å². The van der Waals surface area contributed by atoms with Crippen LogP contribution in [-0.4, -0.2) is 22.9 Å². The van der Waals surface area contributed by atoms with E-state index in [2.05, 4.69) is 63.0 Å². The second kappa shape index (κ2) is 4.84. The maximum atomic E-state index is 12.7. The minimum absolute atomic E-state index is 0.0358. The highest BCUT2D eigenvalue weighted by Crippen LogP contribution is 2.52. The zero-order chi connectivity index (χ0) is 15.4. The summed E-state index contributed by atoms with van der Waals surface area (Å²) in [6.45, 7) is 10.8. The van der Waals surface area contributed by atoms with Gasteiger partial charge in [-0.3, -0.25) is 10.1 Å². The Morgan fingerprint density at radius 1 is 1.33 bits per heavy atom. The third-order valence-electron chi connectivity index (χ3n) is 5.12. The first-order valence-corrected chi connectivity index (χ1v) is 8.00. The van der Waals surface area contributed by atoms with Crippen molar-refractivity contribution in [3.63, 3.8) is 0 Å². The van der Waals surface area contributed by atoms with Gasteiger partial charge in [0.15, 0.2) is 0 Å². The van der Waals surface area contributed by atoms with Crippen LogP contribution in [0.5, 0.6) is 0 Å². The molecule has 1 aliphatic carbocycles. The van der Waals surface area contributed by atoms with Crippen molar-refractivity contribution in [2.75, 3.05) is 0 Å². The largest absolute Gasteiger partial charge is 0.318 e. The molecule has 1 saturated heterocycles. The van der Waals surface area contributed by atoms with Gasteiger partial charge < -0.3 is 4.90 Å². The van der Waals surface area contributed by atoms with Gasteiger partial charge in [0.05, 0.1) is 6.04 Å². The van der Waals surface area contributed by atoms with Gasteiger partial charge in [-0.1, -0.05) is 44.5 Å². The molecule has 3 rings (SSSR count). The topological polar surface area (TPSA) is 32.3 Å². The van der Waals surface area contributed by atoms with Crippen molar-refractivity contribution in [2.45, 2.75) is 65.7 Å². The molecular formula is C18H26N2O. The highest BCUT2D eigenvalue weighted by molar-refractivity contribution is 5.85. The zero-order valence-electron chi connectivity index (χ0n) is 13.7. The minimum atomic E-state index is -0.0358. The van der Waals surface area contributed by atoms with Crippen LogP contribution in [0.15, 0.2) is 18.2 Å². The maximum absolute atomic E-state index is 12.7. The van der Waals surface area contributed by atoms with E-state index in [0.717, 1.165) is 12.8 Å². The molecule has 1 aromatic rings. The number of nitrogens with zero attached hydrogens (tertiary/aromatic N) is 1. The van der Waals surface area contributed by atoms with E-state index in [1.807, 2.05) is 0 Å². The fourth-order valence-corrected chi connectivity index (χ4v) is 3.48. The molecule has 3 nitrogen and oxygen atoms in total. The Hall–Kier alpha value is -1.35. The quantitative estimate of drug-likeness (QED) is 0.924. The molecule has 0 radical (unpaired) electrons. The SMILES string of the molecule is CCC1NC(c2cc(C)ccc2C)N(C2CC2(C)C)C1=O. The Morgan fingerprint density at radius 3 is 2.57 bits per heavy atom. The molecule has 1 aromatic carbocycles. The molecule has 1 amide bonds. The molecule has 2 fully saturated rings. The molecule has 2 aliphatic rings. The molecule has 3 heteroatoms. The Balaban J connectivity index is 1.99. The van der Waals surface area contributed by atoms with Crippen LogP contribution in [0.3, 0.4) is 0 Å². The van der Waals surface area contributed by atoms with Crippen molar-refractivity contribution in [3.8, 4) is 0 Å². The summed E-state index contributed by atoms with van der Waals surface area (Å²) in [4.78, 5) is 14.9. The molecular weight excluding hydrogens is 260 g/mol. The van der Waals surface area contributed by atoms with E-state index in [-0.39, 0.29) is 23.5 Å². The van der Waals surface area contributed by atoms with Crippen LogP contribution in [0.25, 0.3) is 0 Å². The summed E-state index contributed by atoms with van der Waals surface area (Å²) in [5.74, 6) is 0.277. The number of amides is 1. The monoisotopic (exact) mass is 286 g/mol. The van der Waals surface area contributed by atoms with Crippen molar-refractivity contribution in [1.29, 1.82) is 0 Å². The van der Waals surface area contributed by atoms with Gasteiger partial charge in [0.25, 0.3) is 0 Å². The van der Waals surface area contributed by atoms with Gasteiger partial charge in [-0.15, -0.1) is 0 Å². The predicted molar refractivity (Wildman–Crippen MR) is 84.9 cm³/mol. The lowest BCUT2D eigenvalue weighted by atomic mass is 10.0. The second-order valence-electron chi connectivity index (χ2n) is 7.34. The molecule has 0 bridgehead atoms. The lowest BCUT2D eigenvalue weighted by Gasteiger charge is -2.27. The Morgan fingerprint density at radius 2 is 2.00 bits per heavy atom. The Labute approximate surface area is 127 Å². The van der Waals surface area contributed by atoms with Crippen LogP contribution >= 0.6 is 0 Å². The molecule has 0 aromatic heterocycles. The molecule has 1 heterocycles. The maximum Gasteiger partial charge on any atom is 0.241 e. The van der Waals surface area contributed by atoms with E-state index >= 15 is 0 Å². The van der Waals surface area contributed by atoms with Gasteiger partial charge in [-0.25, -0.2) is 0 Å². The summed E-state index contributed by atoms with van der Waals surface area (Å²) in [7, 11) is 0. The number of rotatable bonds is 3. The number of benzene rings is 1. The molecule has 1 saturated carbocycles. The number of nitrogens with one attached hydrogen (secondary N) is 1. The fourth-order valence-electron chi connectivity index (χ4n) is 3.48. The lowest BCUT2D eigenvalue weighted by molar-refractivity contribution is -0.131. The van der Waals surface area contributed by atoms with E-state index in [0.29, 0.717) is 6.04 Å². The summed E-state index contributed by atoms with van der Waals surface area (Å²) in [6.07, 6.45) is 2.00. The van der Waals surface area contributed by atoms with Crippen molar-refractivity contribution < 1.29 is 4.79 Å². The normalized spacial score (nSPS) is 30.8. The fraction of sp³-hybridized carbons (Fsp3) is 0.611. The molecule has 1 aliphatic heterocycles. The third kappa shape index (κ3) is 2.38.